The van der Waals surface area contributed by atoms with Crippen molar-refractivity contribution in [2.45, 2.75) is 77.7 Å². The first-order chi connectivity index (χ1) is 9.52. The molecule has 0 aromatic rings. The predicted octanol–water partition coefficient (Wildman–Crippen LogP) is 3.32. The molecule has 1 saturated carbocycles. The maximum absolute atomic E-state index is 12.3. The number of nitrogens with zero attached hydrogens (tertiary/aromatic N) is 1. The summed E-state index contributed by atoms with van der Waals surface area (Å²) in [5.74, 6) is 1.07. The van der Waals surface area contributed by atoms with Crippen LogP contribution in [0.5, 0.6) is 0 Å². The lowest BCUT2D eigenvalue weighted by molar-refractivity contribution is -0.133. The molecule has 2 N–H and O–H groups in total. The van der Waals surface area contributed by atoms with Gasteiger partial charge in [-0.2, -0.15) is 0 Å². The van der Waals surface area contributed by atoms with E-state index in [1.54, 1.807) is 0 Å². The van der Waals surface area contributed by atoms with E-state index in [0.717, 1.165) is 32.4 Å². The van der Waals surface area contributed by atoms with Gasteiger partial charge in [-0.25, -0.2) is 0 Å². The average molecular weight is 280 g/mol. The van der Waals surface area contributed by atoms with E-state index in [1.165, 1.54) is 38.5 Å². The van der Waals surface area contributed by atoms with Crippen molar-refractivity contribution in [3.63, 3.8) is 0 Å². The smallest absolute Gasteiger partial charge is 0.222 e. The lowest BCUT2D eigenvalue weighted by Crippen LogP contribution is -2.42. The van der Waals surface area contributed by atoms with Crippen LogP contribution < -0.4 is 5.73 Å². The van der Waals surface area contributed by atoms with Gasteiger partial charge in [0.25, 0.3) is 0 Å². The molecule has 116 valence electrons. The minimum absolute atomic E-state index is 0.377. The zero-order valence-corrected chi connectivity index (χ0v) is 13.4. The minimum Gasteiger partial charge on any atom is -0.343 e. The Hall–Kier alpha value is -0.570. The van der Waals surface area contributed by atoms with E-state index in [1.807, 2.05) is 0 Å². The van der Waals surface area contributed by atoms with Crippen molar-refractivity contribution in [2.24, 2.45) is 17.1 Å². The summed E-state index contributed by atoms with van der Waals surface area (Å²) in [6, 6.07) is 0.379. The molecule has 2 unspecified atom stereocenters. The second-order valence-corrected chi connectivity index (χ2v) is 7.38. The normalized spacial score (nSPS) is 30.2. The quantitative estimate of drug-likeness (QED) is 0.858. The number of hydrogen-bond donors (Lipinski definition) is 1. The number of likely N-dealkylation sites (tertiary alicyclic amines) is 1. The molecule has 3 heteroatoms. The molecule has 2 atom stereocenters. The van der Waals surface area contributed by atoms with Crippen molar-refractivity contribution in [3.05, 3.63) is 0 Å². The Morgan fingerprint density at radius 3 is 2.60 bits per heavy atom. The number of rotatable bonds is 4. The summed E-state index contributed by atoms with van der Waals surface area (Å²) in [7, 11) is 0. The van der Waals surface area contributed by atoms with Gasteiger partial charge >= 0.3 is 0 Å². The highest BCUT2D eigenvalue weighted by atomic mass is 16.2. The van der Waals surface area contributed by atoms with Crippen LogP contribution in [-0.2, 0) is 4.79 Å². The largest absolute Gasteiger partial charge is 0.343 e. The lowest BCUT2D eigenvalue weighted by atomic mass is 9.78. The number of amides is 1. The highest BCUT2D eigenvalue weighted by molar-refractivity contribution is 5.76. The fourth-order valence-electron chi connectivity index (χ4n) is 3.73. The monoisotopic (exact) mass is 280 g/mol. The SMILES string of the molecule is CCC1(C)CCN(C(=O)CCC2CCCC(N)C2)CC1. The Morgan fingerprint density at radius 1 is 1.30 bits per heavy atom. The second-order valence-electron chi connectivity index (χ2n) is 7.38. The summed E-state index contributed by atoms with van der Waals surface area (Å²) >= 11 is 0. The molecule has 1 aliphatic heterocycles. The van der Waals surface area contributed by atoms with E-state index < -0.39 is 0 Å². The number of carbonyl (C=O) groups excluding carboxylic acids is 1. The van der Waals surface area contributed by atoms with Gasteiger partial charge in [0, 0.05) is 25.6 Å². The van der Waals surface area contributed by atoms with Gasteiger partial charge in [0.1, 0.15) is 0 Å². The van der Waals surface area contributed by atoms with E-state index in [2.05, 4.69) is 18.7 Å². The highest BCUT2D eigenvalue weighted by Crippen LogP contribution is 2.34. The van der Waals surface area contributed by atoms with Crippen molar-refractivity contribution in [3.8, 4) is 0 Å². The van der Waals surface area contributed by atoms with Crippen LogP contribution >= 0.6 is 0 Å². The summed E-state index contributed by atoms with van der Waals surface area (Å²) in [5, 5.41) is 0. The summed E-state index contributed by atoms with van der Waals surface area (Å²) in [4.78, 5) is 14.4. The third kappa shape index (κ3) is 4.21. The molecule has 0 radical (unpaired) electrons. The van der Waals surface area contributed by atoms with E-state index in [0.29, 0.717) is 23.3 Å². The Kier molecular flexibility index (Phi) is 5.48. The topological polar surface area (TPSA) is 46.3 Å². The van der Waals surface area contributed by atoms with Gasteiger partial charge in [-0.3, -0.25) is 4.79 Å². The van der Waals surface area contributed by atoms with Crippen LogP contribution in [0.3, 0.4) is 0 Å². The maximum atomic E-state index is 12.3. The zero-order chi connectivity index (χ0) is 14.6. The van der Waals surface area contributed by atoms with Crippen molar-refractivity contribution in [2.75, 3.05) is 13.1 Å². The average Bonchev–Trinajstić information content (AvgIpc) is 2.46. The molecular weight excluding hydrogens is 248 g/mol. The molecule has 1 amide bonds. The third-order valence-corrected chi connectivity index (χ3v) is 5.77. The van der Waals surface area contributed by atoms with Gasteiger partial charge in [-0.1, -0.05) is 33.1 Å². The number of hydrogen-bond acceptors (Lipinski definition) is 2. The second kappa shape index (κ2) is 6.93. The first-order valence-electron chi connectivity index (χ1n) is 8.56. The molecular formula is C17H32N2O. The van der Waals surface area contributed by atoms with Gasteiger partial charge in [0.15, 0.2) is 0 Å². The molecule has 0 spiro atoms. The van der Waals surface area contributed by atoms with Crippen LogP contribution in [0.4, 0.5) is 0 Å². The van der Waals surface area contributed by atoms with Gasteiger partial charge < -0.3 is 10.6 Å². The molecule has 2 rings (SSSR count). The van der Waals surface area contributed by atoms with Crippen LogP contribution in [0.15, 0.2) is 0 Å². The highest BCUT2D eigenvalue weighted by Gasteiger charge is 2.30. The Morgan fingerprint density at radius 2 is 2.00 bits per heavy atom. The Balaban J connectivity index is 1.70. The van der Waals surface area contributed by atoms with Crippen LogP contribution in [0.2, 0.25) is 0 Å². The number of piperidine rings is 1. The van der Waals surface area contributed by atoms with E-state index in [4.69, 9.17) is 5.73 Å². The molecule has 2 fully saturated rings. The van der Waals surface area contributed by atoms with Crippen molar-refractivity contribution in [1.82, 2.24) is 4.90 Å². The summed E-state index contributed by atoms with van der Waals surface area (Å²) < 4.78 is 0. The first-order valence-corrected chi connectivity index (χ1v) is 8.56. The fourth-order valence-corrected chi connectivity index (χ4v) is 3.73. The molecule has 1 saturated heterocycles. The van der Waals surface area contributed by atoms with Crippen molar-refractivity contribution in [1.29, 1.82) is 0 Å². The standard InChI is InChI=1S/C17H32N2O/c1-3-17(2)9-11-19(12-10-17)16(20)8-7-14-5-4-6-15(18)13-14/h14-15H,3-13,18H2,1-2H3. The maximum Gasteiger partial charge on any atom is 0.222 e. The van der Waals surface area contributed by atoms with Crippen LogP contribution in [0, 0.1) is 11.3 Å². The van der Waals surface area contributed by atoms with Crippen molar-refractivity contribution < 1.29 is 4.79 Å². The van der Waals surface area contributed by atoms with Gasteiger partial charge in [0.05, 0.1) is 0 Å². The Labute approximate surface area is 124 Å². The number of nitrogens with two attached hydrogens (primary N) is 1. The first kappa shape index (κ1) is 15.8. The van der Waals surface area contributed by atoms with Gasteiger partial charge in [0.2, 0.25) is 5.91 Å². The van der Waals surface area contributed by atoms with Gasteiger partial charge in [-0.15, -0.1) is 0 Å². The van der Waals surface area contributed by atoms with E-state index in [9.17, 15) is 4.79 Å². The summed E-state index contributed by atoms with van der Waals surface area (Å²) in [6.07, 6.45) is 10.2. The summed E-state index contributed by atoms with van der Waals surface area (Å²) in [5.41, 5.74) is 6.49. The third-order valence-electron chi connectivity index (χ3n) is 5.77. The Bertz CT molecular complexity index is 321. The predicted molar refractivity (Wildman–Crippen MR) is 83.4 cm³/mol. The summed E-state index contributed by atoms with van der Waals surface area (Å²) in [6.45, 7) is 6.56. The zero-order valence-electron chi connectivity index (χ0n) is 13.4. The lowest BCUT2D eigenvalue weighted by Gasteiger charge is -2.39. The molecule has 2 aliphatic rings. The van der Waals surface area contributed by atoms with Gasteiger partial charge in [-0.05, 0) is 43.4 Å². The van der Waals surface area contributed by atoms with E-state index in [-0.39, 0.29) is 0 Å². The fraction of sp³-hybridized carbons (Fsp3) is 0.941. The van der Waals surface area contributed by atoms with Crippen molar-refractivity contribution >= 4 is 5.91 Å². The molecule has 3 nitrogen and oxygen atoms in total. The minimum atomic E-state index is 0.377. The van der Waals surface area contributed by atoms with E-state index >= 15 is 0 Å². The molecule has 1 heterocycles. The molecule has 0 aromatic heterocycles. The molecule has 0 bridgehead atoms. The van der Waals surface area contributed by atoms with Crippen LogP contribution in [0.1, 0.15) is 71.6 Å². The molecule has 0 aromatic carbocycles. The van der Waals surface area contributed by atoms with Crippen LogP contribution in [0.25, 0.3) is 0 Å². The molecule has 1 aliphatic carbocycles. The van der Waals surface area contributed by atoms with Crippen LogP contribution in [-0.4, -0.2) is 29.9 Å². The molecule has 20 heavy (non-hydrogen) atoms. The number of carbonyl (C=O) groups is 1.